The van der Waals surface area contributed by atoms with E-state index in [9.17, 15) is 4.79 Å². The first-order valence-electron chi connectivity index (χ1n) is 11.0. The maximum atomic E-state index is 13.4. The summed E-state index contributed by atoms with van der Waals surface area (Å²) in [6.45, 7) is 3.34. The molecule has 1 atom stereocenters. The number of carbonyl (C=O) groups is 1. The number of hydrogen-bond acceptors (Lipinski definition) is 2. The number of carbonyl (C=O) groups excluding carboxylic acids is 1. The van der Waals surface area contributed by atoms with Gasteiger partial charge in [0.15, 0.2) is 5.82 Å². The third-order valence-corrected chi connectivity index (χ3v) is 6.30. The van der Waals surface area contributed by atoms with E-state index >= 15 is 0 Å². The molecule has 2 amide bonds. The molecule has 1 aromatic heterocycles. The van der Waals surface area contributed by atoms with Gasteiger partial charge in [-0.1, -0.05) is 97.9 Å². The number of aromatic nitrogens is 2. The lowest BCUT2D eigenvalue weighted by Crippen LogP contribution is -2.55. The molecule has 0 spiro atoms. The summed E-state index contributed by atoms with van der Waals surface area (Å²) < 4.78 is 2.18. The van der Waals surface area contributed by atoms with Gasteiger partial charge in [-0.05, 0) is 23.1 Å². The van der Waals surface area contributed by atoms with E-state index in [4.69, 9.17) is 0 Å². The van der Waals surface area contributed by atoms with Crippen LogP contribution in [0, 0.1) is 0 Å². The zero-order chi connectivity index (χ0) is 22.0. The highest BCUT2D eigenvalue weighted by molar-refractivity contribution is 5.93. The van der Waals surface area contributed by atoms with E-state index in [1.807, 2.05) is 65.8 Å². The number of hydrogen-bond donors (Lipinski definition) is 1. The highest BCUT2D eigenvalue weighted by Gasteiger charge is 2.49. The second kappa shape index (κ2) is 8.35. The number of benzene rings is 3. The Labute approximate surface area is 188 Å². The second-order valence-electron chi connectivity index (χ2n) is 8.14. The lowest BCUT2D eigenvalue weighted by Gasteiger charge is -2.47. The van der Waals surface area contributed by atoms with Crippen LogP contribution in [0.3, 0.4) is 0 Å². The minimum absolute atomic E-state index is 0.128. The molecule has 5 nitrogen and oxygen atoms in total. The summed E-state index contributed by atoms with van der Waals surface area (Å²) in [4.78, 5) is 20.0. The number of nitrogens with one attached hydrogen (secondary N) is 1. The van der Waals surface area contributed by atoms with Crippen molar-refractivity contribution in [2.75, 3.05) is 5.32 Å². The van der Waals surface area contributed by atoms with Gasteiger partial charge in [0.05, 0.1) is 12.0 Å². The SMILES string of the molecule is CCC1(c2ccccc2)c2c(ncn2Cc2ccccc2)NC(=O)N1Cc1ccccc1. The van der Waals surface area contributed by atoms with E-state index in [1.54, 1.807) is 0 Å². The van der Waals surface area contributed by atoms with Crippen LogP contribution in [0.15, 0.2) is 97.3 Å². The van der Waals surface area contributed by atoms with Crippen LogP contribution in [0.25, 0.3) is 0 Å². The number of imidazole rings is 1. The van der Waals surface area contributed by atoms with Crippen LogP contribution in [-0.4, -0.2) is 20.5 Å². The lowest BCUT2D eigenvalue weighted by molar-refractivity contribution is 0.127. The summed E-state index contributed by atoms with van der Waals surface area (Å²) in [6.07, 6.45) is 2.57. The Morgan fingerprint density at radius 1 is 0.812 bits per heavy atom. The van der Waals surface area contributed by atoms with E-state index in [0.29, 0.717) is 18.9 Å². The number of urea groups is 1. The Kier molecular flexibility index (Phi) is 5.23. The maximum Gasteiger partial charge on any atom is 0.324 e. The number of nitrogens with zero attached hydrogens (tertiary/aromatic N) is 3. The minimum Gasteiger partial charge on any atom is -0.326 e. The molecule has 1 N–H and O–H groups in total. The molecule has 0 aliphatic carbocycles. The first-order chi connectivity index (χ1) is 15.7. The largest absolute Gasteiger partial charge is 0.326 e. The topological polar surface area (TPSA) is 50.2 Å². The molecule has 5 rings (SSSR count). The summed E-state index contributed by atoms with van der Waals surface area (Å²) in [5.74, 6) is 0.640. The average molecular weight is 423 g/mol. The predicted molar refractivity (Wildman–Crippen MR) is 126 cm³/mol. The van der Waals surface area contributed by atoms with Crippen molar-refractivity contribution < 1.29 is 4.79 Å². The molecule has 5 heteroatoms. The molecular formula is C27H26N4O. The van der Waals surface area contributed by atoms with Crippen molar-refractivity contribution in [3.8, 4) is 0 Å². The molecule has 4 aromatic rings. The van der Waals surface area contributed by atoms with Gasteiger partial charge in [-0.2, -0.15) is 0 Å². The Morgan fingerprint density at radius 2 is 1.38 bits per heavy atom. The normalized spacial score (nSPS) is 17.7. The Bertz CT molecular complexity index is 1200. The fraction of sp³-hybridized carbons (Fsp3) is 0.185. The fourth-order valence-electron chi connectivity index (χ4n) is 4.82. The van der Waals surface area contributed by atoms with E-state index in [0.717, 1.165) is 23.2 Å². The molecule has 1 aliphatic heterocycles. The summed E-state index contributed by atoms with van der Waals surface area (Å²) in [7, 11) is 0. The summed E-state index contributed by atoms with van der Waals surface area (Å²) in [5.41, 5.74) is 3.75. The van der Waals surface area contributed by atoms with Crippen LogP contribution in [0.5, 0.6) is 0 Å². The monoisotopic (exact) mass is 422 g/mol. The summed E-state index contributed by atoms with van der Waals surface area (Å²) in [6, 6.07) is 30.7. The van der Waals surface area contributed by atoms with Crippen LogP contribution in [0.4, 0.5) is 10.6 Å². The molecule has 0 radical (unpaired) electrons. The molecule has 2 heterocycles. The van der Waals surface area contributed by atoms with Crippen LogP contribution in [0.1, 0.15) is 35.7 Å². The van der Waals surface area contributed by atoms with E-state index in [1.165, 1.54) is 5.56 Å². The quantitative estimate of drug-likeness (QED) is 0.438. The lowest BCUT2D eigenvalue weighted by atomic mass is 9.80. The van der Waals surface area contributed by atoms with Gasteiger partial charge in [0.2, 0.25) is 0 Å². The van der Waals surface area contributed by atoms with Gasteiger partial charge in [0.25, 0.3) is 0 Å². The van der Waals surface area contributed by atoms with Crippen molar-refractivity contribution in [3.05, 3.63) is 120 Å². The van der Waals surface area contributed by atoms with E-state index < -0.39 is 5.54 Å². The Morgan fingerprint density at radius 3 is 1.97 bits per heavy atom. The smallest absolute Gasteiger partial charge is 0.324 e. The highest BCUT2D eigenvalue weighted by Crippen LogP contribution is 2.46. The molecular weight excluding hydrogens is 396 g/mol. The minimum atomic E-state index is -0.639. The van der Waals surface area contributed by atoms with Crippen LogP contribution < -0.4 is 5.32 Å². The highest BCUT2D eigenvalue weighted by atomic mass is 16.2. The molecule has 32 heavy (non-hydrogen) atoms. The van der Waals surface area contributed by atoms with Crippen molar-refractivity contribution in [2.24, 2.45) is 0 Å². The van der Waals surface area contributed by atoms with Crippen LogP contribution in [-0.2, 0) is 18.6 Å². The van der Waals surface area contributed by atoms with Gasteiger partial charge in [-0.3, -0.25) is 5.32 Å². The Hall–Kier alpha value is -3.86. The van der Waals surface area contributed by atoms with Crippen molar-refractivity contribution in [3.63, 3.8) is 0 Å². The van der Waals surface area contributed by atoms with E-state index in [2.05, 4.69) is 58.2 Å². The third kappa shape index (κ3) is 3.36. The second-order valence-corrected chi connectivity index (χ2v) is 8.14. The van der Waals surface area contributed by atoms with Crippen molar-refractivity contribution in [1.29, 1.82) is 0 Å². The first-order valence-corrected chi connectivity index (χ1v) is 11.0. The summed E-state index contributed by atoms with van der Waals surface area (Å²) in [5, 5.41) is 3.05. The molecule has 160 valence electrons. The summed E-state index contributed by atoms with van der Waals surface area (Å²) >= 11 is 0. The molecule has 0 saturated heterocycles. The average Bonchev–Trinajstić information content (AvgIpc) is 3.24. The Balaban J connectivity index is 1.69. The number of anilines is 1. The zero-order valence-electron chi connectivity index (χ0n) is 18.1. The van der Waals surface area contributed by atoms with Gasteiger partial charge in [-0.15, -0.1) is 0 Å². The number of rotatable bonds is 6. The van der Waals surface area contributed by atoms with Crippen LogP contribution in [0.2, 0.25) is 0 Å². The third-order valence-electron chi connectivity index (χ3n) is 6.30. The predicted octanol–water partition coefficient (Wildman–Crippen LogP) is 5.63. The van der Waals surface area contributed by atoms with E-state index in [-0.39, 0.29) is 6.03 Å². The van der Waals surface area contributed by atoms with Crippen molar-refractivity contribution in [2.45, 2.75) is 32.0 Å². The molecule has 0 bridgehead atoms. The fourth-order valence-corrected chi connectivity index (χ4v) is 4.82. The van der Waals surface area contributed by atoms with Gasteiger partial charge in [0.1, 0.15) is 5.54 Å². The molecule has 1 unspecified atom stereocenters. The molecule has 0 saturated carbocycles. The van der Waals surface area contributed by atoms with Gasteiger partial charge >= 0.3 is 6.03 Å². The van der Waals surface area contributed by atoms with Gasteiger partial charge in [-0.25, -0.2) is 9.78 Å². The van der Waals surface area contributed by atoms with Crippen LogP contribution >= 0.6 is 0 Å². The standard InChI is InChI=1S/C27H26N4O/c1-2-27(23-16-10-5-11-17-23)24-25(28-20-30(24)18-21-12-6-3-7-13-21)29-26(32)31(27)19-22-14-8-4-9-15-22/h3-17,20H,2,18-19H2,1H3,(H,29,32). The van der Waals surface area contributed by atoms with Gasteiger partial charge in [0, 0.05) is 13.1 Å². The van der Waals surface area contributed by atoms with Gasteiger partial charge < -0.3 is 9.47 Å². The molecule has 1 aliphatic rings. The molecule has 3 aromatic carbocycles. The zero-order valence-corrected chi connectivity index (χ0v) is 18.1. The van der Waals surface area contributed by atoms with Crippen molar-refractivity contribution >= 4 is 11.8 Å². The number of fused-ring (bicyclic) bond motifs is 1. The number of amides is 2. The maximum absolute atomic E-state index is 13.4. The van der Waals surface area contributed by atoms with Crippen molar-refractivity contribution in [1.82, 2.24) is 14.5 Å². The first kappa shape index (κ1) is 20.1. The molecule has 0 fully saturated rings.